The molecule has 1 aromatic heterocycles. The van der Waals surface area contributed by atoms with Gasteiger partial charge in [-0.1, -0.05) is 17.7 Å². The molecule has 0 amide bonds. The first kappa shape index (κ1) is 12.2. The number of aryl methyl sites for hydroxylation is 4. The van der Waals surface area contributed by atoms with Crippen LogP contribution in [-0.4, -0.2) is 9.97 Å². The number of hydrogen-bond donors (Lipinski definition) is 2. The normalized spacial score (nSPS) is 10.9. The van der Waals surface area contributed by atoms with E-state index < -0.39 is 0 Å². The second-order valence-corrected chi connectivity index (χ2v) is 4.91. The fourth-order valence-corrected chi connectivity index (χ4v) is 2.54. The Morgan fingerprint density at radius 2 is 1.71 bits per heavy atom. The molecule has 1 heterocycles. The number of aromatic nitrogens is 2. The number of thiol groups is 1. The SMILES string of the molecule is Cc1cc(C)c(-c2nc(CS)[nH]c2C)c(C)c1. The first-order valence-electron chi connectivity index (χ1n) is 5.77. The molecule has 2 rings (SSSR count). The van der Waals surface area contributed by atoms with Gasteiger partial charge in [-0.25, -0.2) is 4.98 Å². The second kappa shape index (κ2) is 4.57. The van der Waals surface area contributed by atoms with E-state index in [0.29, 0.717) is 5.75 Å². The molecule has 0 unspecified atom stereocenters. The Hall–Kier alpha value is -1.22. The van der Waals surface area contributed by atoms with Crippen LogP contribution in [0.15, 0.2) is 12.1 Å². The minimum absolute atomic E-state index is 0.644. The summed E-state index contributed by atoms with van der Waals surface area (Å²) in [6.45, 7) is 8.47. The van der Waals surface area contributed by atoms with Crippen molar-refractivity contribution in [2.75, 3.05) is 0 Å². The lowest BCUT2D eigenvalue weighted by Crippen LogP contribution is -1.92. The molecule has 0 aliphatic rings. The number of aromatic amines is 1. The number of imidazole rings is 1. The van der Waals surface area contributed by atoms with E-state index in [0.717, 1.165) is 17.2 Å². The average Bonchev–Trinajstić information content (AvgIpc) is 2.59. The molecule has 0 aliphatic carbocycles. The van der Waals surface area contributed by atoms with Crippen LogP contribution in [0.5, 0.6) is 0 Å². The van der Waals surface area contributed by atoms with Crippen molar-refractivity contribution >= 4 is 12.6 Å². The summed E-state index contributed by atoms with van der Waals surface area (Å²) in [5.41, 5.74) is 7.28. The van der Waals surface area contributed by atoms with Gasteiger partial charge in [0.2, 0.25) is 0 Å². The molecular weight excluding hydrogens is 228 g/mol. The maximum absolute atomic E-state index is 4.62. The zero-order valence-corrected chi connectivity index (χ0v) is 11.7. The van der Waals surface area contributed by atoms with Crippen LogP contribution in [-0.2, 0) is 5.75 Å². The van der Waals surface area contributed by atoms with Gasteiger partial charge in [-0.3, -0.25) is 0 Å². The van der Waals surface area contributed by atoms with Crippen molar-refractivity contribution in [1.29, 1.82) is 0 Å². The number of hydrogen-bond acceptors (Lipinski definition) is 2. The molecule has 0 aliphatic heterocycles. The van der Waals surface area contributed by atoms with Crippen LogP contribution < -0.4 is 0 Å². The van der Waals surface area contributed by atoms with Gasteiger partial charge in [0.25, 0.3) is 0 Å². The molecule has 1 aromatic carbocycles. The van der Waals surface area contributed by atoms with Crippen LogP contribution in [0.1, 0.15) is 28.2 Å². The first-order valence-corrected chi connectivity index (χ1v) is 6.40. The second-order valence-electron chi connectivity index (χ2n) is 4.59. The van der Waals surface area contributed by atoms with Crippen LogP contribution in [0.4, 0.5) is 0 Å². The van der Waals surface area contributed by atoms with Crippen molar-refractivity contribution in [1.82, 2.24) is 9.97 Å². The average molecular weight is 246 g/mol. The molecule has 2 nitrogen and oxygen atoms in total. The van der Waals surface area contributed by atoms with Crippen molar-refractivity contribution in [2.24, 2.45) is 0 Å². The van der Waals surface area contributed by atoms with E-state index in [4.69, 9.17) is 0 Å². The summed E-state index contributed by atoms with van der Waals surface area (Å²) in [6, 6.07) is 4.41. The Balaban J connectivity index is 2.63. The molecule has 3 heteroatoms. The highest BCUT2D eigenvalue weighted by atomic mass is 32.1. The van der Waals surface area contributed by atoms with Gasteiger partial charge in [0.1, 0.15) is 5.82 Å². The monoisotopic (exact) mass is 246 g/mol. The van der Waals surface area contributed by atoms with Crippen LogP contribution in [0.2, 0.25) is 0 Å². The van der Waals surface area contributed by atoms with E-state index in [9.17, 15) is 0 Å². The Labute approximate surface area is 108 Å². The molecule has 2 aromatic rings. The standard InChI is InChI=1S/C14H18N2S/c1-8-5-9(2)13(10(3)6-8)14-11(4)15-12(7-17)16-14/h5-6,17H,7H2,1-4H3,(H,15,16). The summed E-state index contributed by atoms with van der Waals surface area (Å²) in [7, 11) is 0. The van der Waals surface area contributed by atoms with Gasteiger partial charge in [-0.2, -0.15) is 12.6 Å². The lowest BCUT2D eigenvalue weighted by atomic mass is 9.96. The van der Waals surface area contributed by atoms with Crippen LogP contribution in [0.3, 0.4) is 0 Å². The third kappa shape index (κ3) is 2.25. The predicted molar refractivity (Wildman–Crippen MR) is 75.7 cm³/mol. The van der Waals surface area contributed by atoms with Crippen molar-refractivity contribution in [3.8, 4) is 11.3 Å². The third-order valence-electron chi connectivity index (χ3n) is 3.00. The third-order valence-corrected chi connectivity index (χ3v) is 3.30. The first-order chi connectivity index (χ1) is 8.02. The van der Waals surface area contributed by atoms with Crippen molar-refractivity contribution in [2.45, 2.75) is 33.4 Å². The van der Waals surface area contributed by atoms with Gasteiger partial charge >= 0.3 is 0 Å². The van der Waals surface area contributed by atoms with Gasteiger partial charge in [0, 0.05) is 17.0 Å². The summed E-state index contributed by atoms with van der Waals surface area (Å²) >= 11 is 4.26. The molecular formula is C14H18N2S. The molecule has 0 atom stereocenters. The highest BCUT2D eigenvalue weighted by Gasteiger charge is 2.13. The fraction of sp³-hybridized carbons (Fsp3) is 0.357. The van der Waals surface area contributed by atoms with Crippen LogP contribution >= 0.6 is 12.6 Å². The Kier molecular flexibility index (Phi) is 3.29. The zero-order chi connectivity index (χ0) is 12.6. The summed E-state index contributed by atoms with van der Waals surface area (Å²) in [4.78, 5) is 7.89. The molecule has 17 heavy (non-hydrogen) atoms. The summed E-state index contributed by atoms with van der Waals surface area (Å²) in [5.74, 6) is 1.57. The fourth-order valence-electron chi connectivity index (χ4n) is 2.39. The summed E-state index contributed by atoms with van der Waals surface area (Å²) in [6.07, 6.45) is 0. The highest BCUT2D eigenvalue weighted by molar-refractivity contribution is 7.79. The van der Waals surface area contributed by atoms with E-state index in [-0.39, 0.29) is 0 Å². The van der Waals surface area contributed by atoms with Crippen LogP contribution in [0.25, 0.3) is 11.3 Å². The van der Waals surface area contributed by atoms with Crippen LogP contribution in [0, 0.1) is 27.7 Å². The lowest BCUT2D eigenvalue weighted by Gasteiger charge is -2.09. The van der Waals surface area contributed by atoms with Gasteiger partial charge in [0.15, 0.2) is 0 Å². The van der Waals surface area contributed by atoms with E-state index in [1.54, 1.807) is 0 Å². The van der Waals surface area contributed by atoms with Gasteiger partial charge < -0.3 is 4.98 Å². The number of nitrogens with zero attached hydrogens (tertiary/aromatic N) is 1. The summed E-state index contributed by atoms with van der Waals surface area (Å²) in [5, 5.41) is 0. The highest BCUT2D eigenvalue weighted by Crippen LogP contribution is 2.29. The molecule has 1 N–H and O–H groups in total. The lowest BCUT2D eigenvalue weighted by molar-refractivity contribution is 1.11. The van der Waals surface area contributed by atoms with Crippen molar-refractivity contribution < 1.29 is 0 Å². The molecule has 90 valence electrons. The predicted octanol–water partition coefficient (Wildman–Crippen LogP) is 3.74. The molecule has 0 spiro atoms. The van der Waals surface area contributed by atoms with Gasteiger partial charge in [0.05, 0.1) is 5.69 Å². The van der Waals surface area contributed by atoms with Gasteiger partial charge in [-0.15, -0.1) is 0 Å². The quantitative estimate of drug-likeness (QED) is 0.776. The van der Waals surface area contributed by atoms with E-state index in [1.165, 1.54) is 22.3 Å². The number of nitrogens with one attached hydrogen (secondary N) is 1. The molecule has 0 saturated heterocycles. The smallest absolute Gasteiger partial charge is 0.116 e. The van der Waals surface area contributed by atoms with Crippen molar-refractivity contribution in [3.63, 3.8) is 0 Å². The largest absolute Gasteiger partial charge is 0.345 e. The Bertz CT molecular complexity index is 532. The molecule has 0 saturated carbocycles. The number of benzene rings is 1. The molecule has 0 bridgehead atoms. The Morgan fingerprint density at radius 1 is 1.12 bits per heavy atom. The zero-order valence-electron chi connectivity index (χ0n) is 10.8. The topological polar surface area (TPSA) is 28.7 Å². The summed E-state index contributed by atoms with van der Waals surface area (Å²) < 4.78 is 0. The Morgan fingerprint density at radius 3 is 2.18 bits per heavy atom. The van der Waals surface area contributed by atoms with Gasteiger partial charge in [-0.05, 0) is 38.8 Å². The van der Waals surface area contributed by atoms with E-state index >= 15 is 0 Å². The maximum atomic E-state index is 4.62. The maximum Gasteiger partial charge on any atom is 0.116 e. The number of H-pyrrole nitrogens is 1. The van der Waals surface area contributed by atoms with Crippen molar-refractivity contribution in [3.05, 3.63) is 40.3 Å². The minimum atomic E-state index is 0.644. The van der Waals surface area contributed by atoms with E-state index in [2.05, 4.69) is 62.4 Å². The molecule has 0 fully saturated rings. The number of rotatable bonds is 2. The minimum Gasteiger partial charge on any atom is -0.345 e. The molecule has 0 radical (unpaired) electrons. The van der Waals surface area contributed by atoms with E-state index in [1.807, 2.05) is 0 Å².